The van der Waals surface area contributed by atoms with Crippen molar-refractivity contribution in [2.45, 2.75) is 34.0 Å². The molecule has 0 bridgehead atoms. The second-order valence-corrected chi connectivity index (χ2v) is 8.85. The van der Waals surface area contributed by atoms with Crippen LogP contribution in [0.2, 0.25) is 0 Å². The van der Waals surface area contributed by atoms with Crippen molar-refractivity contribution in [2.75, 3.05) is 20.8 Å². The van der Waals surface area contributed by atoms with Crippen LogP contribution in [0.5, 0.6) is 17.2 Å². The first-order valence-electron chi connectivity index (χ1n) is 10.6. The third-order valence-corrected chi connectivity index (χ3v) is 4.90. The quantitative estimate of drug-likeness (QED) is 0.375. The molecule has 0 aromatic heterocycles. The molecule has 0 radical (unpaired) electrons. The van der Waals surface area contributed by atoms with Gasteiger partial charge in [0, 0.05) is 5.56 Å². The molecule has 0 saturated heterocycles. The van der Waals surface area contributed by atoms with Gasteiger partial charge >= 0.3 is 0 Å². The number of benzene rings is 3. The van der Waals surface area contributed by atoms with Crippen LogP contribution < -0.4 is 14.2 Å². The lowest BCUT2D eigenvalue weighted by atomic mass is 9.97. The Morgan fingerprint density at radius 1 is 0.719 bits per heavy atom. The Balaban J connectivity index is 1.85. The molecule has 5 heteroatoms. The molecule has 0 saturated carbocycles. The SMILES string of the molecule is COc1ccc(COc2ccc(-c3cc(OC)ccc3F)c(COCC(C)(C)C)c2)cc1. The summed E-state index contributed by atoms with van der Waals surface area (Å²) in [5.41, 5.74) is 3.14. The summed E-state index contributed by atoms with van der Waals surface area (Å²) in [6.07, 6.45) is 0. The molecular weight excluding hydrogens is 407 g/mol. The van der Waals surface area contributed by atoms with E-state index in [1.165, 1.54) is 6.07 Å². The van der Waals surface area contributed by atoms with E-state index < -0.39 is 0 Å². The summed E-state index contributed by atoms with van der Waals surface area (Å²) in [6.45, 7) is 7.70. The van der Waals surface area contributed by atoms with Gasteiger partial charge in [0.25, 0.3) is 0 Å². The van der Waals surface area contributed by atoms with Gasteiger partial charge in [0.2, 0.25) is 0 Å². The summed E-state index contributed by atoms with van der Waals surface area (Å²) in [6, 6.07) is 18.1. The van der Waals surface area contributed by atoms with E-state index in [2.05, 4.69) is 20.8 Å². The highest BCUT2D eigenvalue weighted by atomic mass is 19.1. The van der Waals surface area contributed by atoms with Gasteiger partial charge in [-0.3, -0.25) is 0 Å². The van der Waals surface area contributed by atoms with Crippen LogP contribution in [0.3, 0.4) is 0 Å². The lowest BCUT2D eigenvalue weighted by Crippen LogP contribution is -2.14. The maximum absolute atomic E-state index is 14.7. The van der Waals surface area contributed by atoms with Crippen molar-refractivity contribution in [3.8, 4) is 28.4 Å². The van der Waals surface area contributed by atoms with E-state index in [1.807, 2.05) is 42.5 Å². The molecule has 170 valence electrons. The normalized spacial score (nSPS) is 11.3. The first kappa shape index (κ1) is 23.6. The molecule has 3 aromatic rings. The van der Waals surface area contributed by atoms with Crippen LogP contribution in [-0.2, 0) is 18.0 Å². The fraction of sp³-hybridized carbons (Fsp3) is 0.333. The number of ether oxygens (including phenoxy) is 4. The highest BCUT2D eigenvalue weighted by molar-refractivity contribution is 5.70. The second-order valence-electron chi connectivity index (χ2n) is 8.85. The Morgan fingerprint density at radius 3 is 2.03 bits per heavy atom. The van der Waals surface area contributed by atoms with Gasteiger partial charge in [0.1, 0.15) is 29.7 Å². The summed E-state index contributed by atoms with van der Waals surface area (Å²) in [7, 11) is 3.21. The van der Waals surface area contributed by atoms with Crippen molar-refractivity contribution in [1.82, 2.24) is 0 Å². The average Bonchev–Trinajstić information content (AvgIpc) is 2.78. The summed E-state index contributed by atoms with van der Waals surface area (Å²) >= 11 is 0. The molecule has 0 aliphatic carbocycles. The lowest BCUT2D eigenvalue weighted by molar-refractivity contribution is 0.0600. The molecule has 4 nitrogen and oxygen atoms in total. The molecular formula is C27H31FO4. The van der Waals surface area contributed by atoms with Gasteiger partial charge in [0.15, 0.2) is 0 Å². The smallest absolute Gasteiger partial charge is 0.131 e. The first-order chi connectivity index (χ1) is 15.3. The zero-order chi connectivity index (χ0) is 23.1. The topological polar surface area (TPSA) is 36.9 Å². The second kappa shape index (κ2) is 10.5. The molecule has 0 heterocycles. The molecule has 3 rings (SSSR count). The molecule has 0 aliphatic heterocycles. The van der Waals surface area contributed by atoms with E-state index >= 15 is 0 Å². The van der Waals surface area contributed by atoms with Crippen LogP contribution in [0.4, 0.5) is 4.39 Å². The van der Waals surface area contributed by atoms with E-state index in [0.29, 0.717) is 36.9 Å². The number of rotatable bonds is 9. The standard InChI is InChI=1S/C27H31FO4/c1-27(2,3)18-31-17-20-14-23(32-16-19-6-8-21(29-4)9-7-19)10-12-24(20)25-15-22(30-5)11-13-26(25)28/h6-15H,16-18H2,1-5H3. The van der Waals surface area contributed by atoms with Gasteiger partial charge in [-0.15, -0.1) is 0 Å². The van der Waals surface area contributed by atoms with E-state index in [0.717, 1.165) is 22.4 Å². The highest BCUT2D eigenvalue weighted by Crippen LogP contribution is 2.33. The molecule has 0 fully saturated rings. The Morgan fingerprint density at radius 2 is 1.38 bits per heavy atom. The largest absolute Gasteiger partial charge is 0.497 e. The van der Waals surface area contributed by atoms with Crippen molar-refractivity contribution in [1.29, 1.82) is 0 Å². The van der Waals surface area contributed by atoms with Gasteiger partial charge in [0.05, 0.1) is 27.4 Å². The molecule has 0 aliphatic rings. The Bertz CT molecular complexity index is 1020. The summed E-state index contributed by atoms with van der Waals surface area (Å²) in [5, 5.41) is 0. The number of methoxy groups -OCH3 is 2. The van der Waals surface area contributed by atoms with Crippen LogP contribution in [-0.4, -0.2) is 20.8 Å². The Kier molecular flexibility index (Phi) is 7.75. The third-order valence-electron chi connectivity index (χ3n) is 4.90. The van der Waals surface area contributed by atoms with Crippen LogP contribution >= 0.6 is 0 Å². The number of hydrogen-bond donors (Lipinski definition) is 0. The Hall–Kier alpha value is -3.05. The van der Waals surface area contributed by atoms with Crippen molar-refractivity contribution < 1.29 is 23.3 Å². The summed E-state index contributed by atoms with van der Waals surface area (Å²) in [4.78, 5) is 0. The van der Waals surface area contributed by atoms with Crippen molar-refractivity contribution >= 4 is 0 Å². The van der Waals surface area contributed by atoms with E-state index in [-0.39, 0.29) is 11.2 Å². The van der Waals surface area contributed by atoms with Crippen molar-refractivity contribution in [2.24, 2.45) is 5.41 Å². The summed E-state index contributed by atoms with van der Waals surface area (Å²) < 4.78 is 37.1. The van der Waals surface area contributed by atoms with Gasteiger partial charge in [-0.25, -0.2) is 4.39 Å². The summed E-state index contributed by atoms with van der Waals surface area (Å²) in [5.74, 6) is 1.79. The Labute approximate surface area is 189 Å². The van der Waals surface area contributed by atoms with E-state index in [1.54, 1.807) is 26.4 Å². The predicted octanol–water partition coefficient (Wildman–Crippen LogP) is 6.65. The monoisotopic (exact) mass is 438 g/mol. The van der Waals surface area contributed by atoms with Gasteiger partial charge in [-0.05, 0) is 64.6 Å². The van der Waals surface area contributed by atoms with Crippen LogP contribution in [0.1, 0.15) is 31.9 Å². The van der Waals surface area contributed by atoms with Crippen LogP contribution in [0, 0.1) is 11.2 Å². The average molecular weight is 439 g/mol. The van der Waals surface area contributed by atoms with E-state index in [9.17, 15) is 4.39 Å². The van der Waals surface area contributed by atoms with Gasteiger partial charge in [-0.1, -0.05) is 39.0 Å². The lowest BCUT2D eigenvalue weighted by Gasteiger charge is -2.20. The van der Waals surface area contributed by atoms with Crippen molar-refractivity contribution in [3.05, 3.63) is 77.6 Å². The van der Waals surface area contributed by atoms with Crippen LogP contribution in [0.25, 0.3) is 11.1 Å². The molecule has 32 heavy (non-hydrogen) atoms. The van der Waals surface area contributed by atoms with Crippen molar-refractivity contribution in [3.63, 3.8) is 0 Å². The first-order valence-corrected chi connectivity index (χ1v) is 10.6. The number of halogens is 1. The maximum Gasteiger partial charge on any atom is 0.131 e. The van der Waals surface area contributed by atoms with Crippen LogP contribution in [0.15, 0.2) is 60.7 Å². The van der Waals surface area contributed by atoms with E-state index in [4.69, 9.17) is 18.9 Å². The molecule has 0 amide bonds. The van der Waals surface area contributed by atoms with Gasteiger partial charge in [-0.2, -0.15) is 0 Å². The molecule has 0 unspecified atom stereocenters. The maximum atomic E-state index is 14.7. The zero-order valence-corrected chi connectivity index (χ0v) is 19.4. The fourth-order valence-corrected chi connectivity index (χ4v) is 3.24. The minimum atomic E-state index is -0.310. The molecule has 0 atom stereocenters. The molecule has 0 spiro atoms. The van der Waals surface area contributed by atoms with Gasteiger partial charge < -0.3 is 18.9 Å². The zero-order valence-electron chi connectivity index (χ0n) is 19.4. The highest BCUT2D eigenvalue weighted by Gasteiger charge is 2.15. The third kappa shape index (κ3) is 6.47. The molecule has 3 aromatic carbocycles. The molecule has 0 N–H and O–H groups in total. The predicted molar refractivity (Wildman–Crippen MR) is 125 cm³/mol. The minimum Gasteiger partial charge on any atom is -0.497 e. The minimum absolute atomic E-state index is 0.0316. The fourth-order valence-electron chi connectivity index (χ4n) is 3.24. The number of hydrogen-bond acceptors (Lipinski definition) is 4.